The summed E-state index contributed by atoms with van der Waals surface area (Å²) in [7, 11) is 1.51. The van der Waals surface area contributed by atoms with Gasteiger partial charge in [-0.25, -0.2) is 13.2 Å². The summed E-state index contributed by atoms with van der Waals surface area (Å²) in [6.07, 6.45) is -3.80. The number of nitrogens with two attached hydrogens (primary N) is 1. The minimum Gasteiger partial charge on any atom is -0.405 e. The highest BCUT2D eigenvalue weighted by molar-refractivity contribution is 5.98. The molecule has 0 bridgehead atoms. The third-order valence-corrected chi connectivity index (χ3v) is 8.60. The number of ether oxygens (including phenoxy) is 1. The predicted octanol–water partition coefficient (Wildman–Crippen LogP) is 4.96. The summed E-state index contributed by atoms with van der Waals surface area (Å²) >= 11 is 0. The first-order valence-electron chi connectivity index (χ1n) is 14.3. The molecule has 2 aliphatic heterocycles. The molecule has 0 saturated carbocycles. The van der Waals surface area contributed by atoms with Crippen molar-refractivity contribution in [2.75, 3.05) is 49.9 Å². The first-order chi connectivity index (χ1) is 21.1. The van der Waals surface area contributed by atoms with Gasteiger partial charge in [-0.3, -0.25) is 14.5 Å². The highest BCUT2D eigenvalue weighted by Crippen LogP contribution is 2.37. The van der Waals surface area contributed by atoms with E-state index in [2.05, 4.69) is 4.74 Å². The van der Waals surface area contributed by atoms with E-state index in [1.165, 1.54) is 29.9 Å². The van der Waals surface area contributed by atoms with Crippen LogP contribution in [0.2, 0.25) is 0 Å². The standard InChI is InChI=1S/C31H33F6N5O3/c1-18-19(2)28(43)39(3)16-23(18)20-4-6-22(26(14-20)45-31(35,36)37)29(44)42-9-8-27(30(33,34)17-42)41-12-10-40(11-13-41)25-7-5-21(38)15-24(25)32/h4-7,14-16,27H,8-13,17,38H2,1-3H3/t27-/m1/s1. The SMILES string of the molecule is Cc1c(-c2ccc(C(=O)N3CC[C@@H](N4CCN(c5ccc(N)cc5F)CC4)C(F)(F)C3)c(OC(F)(F)F)c2)cn(C)c(=O)c1C. The summed E-state index contributed by atoms with van der Waals surface area (Å²) in [6, 6.07) is 6.67. The van der Waals surface area contributed by atoms with E-state index in [1.807, 2.05) is 0 Å². The van der Waals surface area contributed by atoms with E-state index in [0.29, 0.717) is 35.5 Å². The number of carbonyl (C=O) groups is 1. The number of amides is 1. The molecular formula is C31H33F6N5O3. The van der Waals surface area contributed by atoms with Gasteiger partial charge in [0.05, 0.1) is 23.8 Å². The largest absolute Gasteiger partial charge is 0.573 e. The number of hydrogen-bond acceptors (Lipinski definition) is 6. The number of halogens is 6. The van der Waals surface area contributed by atoms with Crippen LogP contribution in [-0.4, -0.2) is 77.9 Å². The van der Waals surface area contributed by atoms with Gasteiger partial charge in [-0.15, -0.1) is 13.2 Å². The Morgan fingerprint density at radius 2 is 1.69 bits per heavy atom. The zero-order chi connectivity index (χ0) is 32.8. The van der Waals surface area contributed by atoms with E-state index in [-0.39, 0.29) is 42.9 Å². The Morgan fingerprint density at radius 3 is 2.31 bits per heavy atom. The number of piperidine rings is 1. The van der Waals surface area contributed by atoms with Crippen molar-refractivity contribution in [2.45, 2.75) is 38.6 Å². The molecule has 1 amide bonds. The Bertz CT molecular complexity index is 1670. The molecule has 2 fully saturated rings. The average Bonchev–Trinajstić information content (AvgIpc) is 2.96. The molecule has 3 heterocycles. The molecular weight excluding hydrogens is 604 g/mol. The minimum absolute atomic E-state index is 0.112. The number of nitrogen functional groups attached to an aromatic ring is 1. The molecule has 0 unspecified atom stereocenters. The number of carbonyl (C=O) groups excluding carboxylic acids is 1. The predicted molar refractivity (Wildman–Crippen MR) is 157 cm³/mol. The molecule has 5 rings (SSSR count). The van der Waals surface area contributed by atoms with Gasteiger partial charge in [-0.1, -0.05) is 6.07 Å². The van der Waals surface area contributed by atoms with Crippen LogP contribution in [0.5, 0.6) is 5.75 Å². The van der Waals surface area contributed by atoms with Crippen molar-refractivity contribution in [1.82, 2.24) is 14.4 Å². The second kappa shape index (κ2) is 12.0. The van der Waals surface area contributed by atoms with Crippen LogP contribution >= 0.6 is 0 Å². The van der Waals surface area contributed by atoms with Crippen molar-refractivity contribution in [2.24, 2.45) is 7.05 Å². The molecule has 2 aromatic carbocycles. The normalized spacial score (nSPS) is 19.1. The lowest BCUT2D eigenvalue weighted by Crippen LogP contribution is -2.62. The summed E-state index contributed by atoms with van der Waals surface area (Å²) in [6.45, 7) is 3.20. The van der Waals surface area contributed by atoms with Gasteiger partial charge in [0.25, 0.3) is 17.4 Å². The second-order valence-corrected chi connectivity index (χ2v) is 11.5. The Morgan fingerprint density at radius 1 is 1.00 bits per heavy atom. The van der Waals surface area contributed by atoms with Crippen LogP contribution in [0.25, 0.3) is 11.1 Å². The monoisotopic (exact) mass is 637 g/mol. The van der Waals surface area contributed by atoms with Gasteiger partial charge in [0.1, 0.15) is 11.6 Å². The van der Waals surface area contributed by atoms with E-state index in [0.717, 1.165) is 17.0 Å². The van der Waals surface area contributed by atoms with Gasteiger partial charge in [-0.05, 0) is 61.7 Å². The Kier molecular flexibility index (Phi) is 8.55. The molecule has 1 atom stereocenters. The highest BCUT2D eigenvalue weighted by Gasteiger charge is 2.49. The van der Waals surface area contributed by atoms with Crippen molar-refractivity contribution in [3.05, 3.63) is 75.5 Å². The Labute approximate surface area is 255 Å². The zero-order valence-electron chi connectivity index (χ0n) is 24.9. The van der Waals surface area contributed by atoms with E-state index < -0.39 is 47.9 Å². The number of anilines is 2. The van der Waals surface area contributed by atoms with Gasteiger partial charge in [0.2, 0.25) is 0 Å². The van der Waals surface area contributed by atoms with Crippen LogP contribution in [0.15, 0.2) is 47.4 Å². The van der Waals surface area contributed by atoms with Crippen molar-refractivity contribution in [3.8, 4) is 16.9 Å². The molecule has 2 N–H and O–H groups in total. The van der Waals surface area contributed by atoms with Gasteiger partial charge in [0.15, 0.2) is 0 Å². The molecule has 2 saturated heterocycles. The van der Waals surface area contributed by atoms with Crippen molar-refractivity contribution in [1.29, 1.82) is 0 Å². The summed E-state index contributed by atoms with van der Waals surface area (Å²) in [5.41, 5.74) is 7.09. The van der Waals surface area contributed by atoms with E-state index in [4.69, 9.17) is 5.73 Å². The van der Waals surface area contributed by atoms with E-state index in [1.54, 1.807) is 35.8 Å². The summed E-state index contributed by atoms with van der Waals surface area (Å²) in [5.74, 6) is -5.71. The Hall–Kier alpha value is -4.20. The van der Waals surface area contributed by atoms with Crippen LogP contribution in [0.1, 0.15) is 27.9 Å². The second-order valence-electron chi connectivity index (χ2n) is 11.5. The fourth-order valence-electron chi connectivity index (χ4n) is 6.12. The first-order valence-corrected chi connectivity index (χ1v) is 14.3. The van der Waals surface area contributed by atoms with E-state index >= 15 is 8.78 Å². The average molecular weight is 638 g/mol. The number of rotatable bonds is 5. The minimum atomic E-state index is -5.16. The van der Waals surface area contributed by atoms with Crippen molar-refractivity contribution >= 4 is 17.3 Å². The Balaban J connectivity index is 1.33. The number of piperazine rings is 1. The summed E-state index contributed by atoms with van der Waals surface area (Å²) in [5, 5.41) is 0. The maximum Gasteiger partial charge on any atom is 0.573 e. The molecule has 1 aromatic heterocycles. The number of aromatic nitrogens is 1. The summed E-state index contributed by atoms with van der Waals surface area (Å²) in [4.78, 5) is 29.9. The highest BCUT2D eigenvalue weighted by atomic mass is 19.4. The number of benzene rings is 2. The number of likely N-dealkylation sites (tertiary alicyclic amines) is 1. The number of nitrogens with zero attached hydrogens (tertiary/aromatic N) is 4. The number of pyridine rings is 1. The molecule has 0 spiro atoms. The zero-order valence-corrected chi connectivity index (χ0v) is 24.9. The lowest BCUT2D eigenvalue weighted by Gasteiger charge is -2.46. The third kappa shape index (κ3) is 6.60. The molecule has 8 nitrogen and oxygen atoms in total. The van der Waals surface area contributed by atoms with Gasteiger partial charge < -0.3 is 24.8 Å². The van der Waals surface area contributed by atoms with Crippen molar-refractivity contribution in [3.63, 3.8) is 0 Å². The lowest BCUT2D eigenvalue weighted by molar-refractivity contribution is -0.274. The van der Waals surface area contributed by atoms with Gasteiger partial charge >= 0.3 is 6.36 Å². The fraction of sp³-hybridized carbons (Fsp3) is 0.419. The molecule has 3 aromatic rings. The molecule has 2 aliphatic rings. The quantitative estimate of drug-likeness (QED) is 0.315. The van der Waals surface area contributed by atoms with Crippen LogP contribution in [0, 0.1) is 19.7 Å². The van der Waals surface area contributed by atoms with Crippen LogP contribution < -0.4 is 20.9 Å². The van der Waals surface area contributed by atoms with Crippen LogP contribution in [0.3, 0.4) is 0 Å². The van der Waals surface area contributed by atoms with Crippen molar-refractivity contribution < 1.29 is 35.9 Å². The molecule has 242 valence electrons. The smallest absolute Gasteiger partial charge is 0.405 e. The molecule has 0 radical (unpaired) electrons. The number of hydrogen-bond donors (Lipinski definition) is 1. The first kappa shape index (κ1) is 32.2. The summed E-state index contributed by atoms with van der Waals surface area (Å²) < 4.78 is 91.3. The fourth-order valence-corrected chi connectivity index (χ4v) is 6.12. The number of aryl methyl sites for hydroxylation is 1. The van der Waals surface area contributed by atoms with Crippen LogP contribution in [-0.2, 0) is 7.05 Å². The van der Waals surface area contributed by atoms with Gasteiger partial charge in [-0.2, -0.15) is 0 Å². The maximum absolute atomic E-state index is 15.6. The molecule has 0 aliphatic carbocycles. The van der Waals surface area contributed by atoms with E-state index in [9.17, 15) is 27.2 Å². The molecule has 45 heavy (non-hydrogen) atoms. The van der Waals surface area contributed by atoms with Crippen LogP contribution in [0.4, 0.5) is 37.7 Å². The number of alkyl halides is 5. The third-order valence-electron chi connectivity index (χ3n) is 8.60. The lowest BCUT2D eigenvalue weighted by atomic mass is 9.96. The topological polar surface area (TPSA) is 84.0 Å². The van der Waals surface area contributed by atoms with Gasteiger partial charge in [0, 0.05) is 62.8 Å². The maximum atomic E-state index is 15.6. The molecule has 14 heteroatoms.